The smallest absolute Gasteiger partial charge is 0.266 e. The number of imide groups is 1. The zero-order valence-corrected chi connectivity index (χ0v) is 14.3. The first-order valence-corrected chi connectivity index (χ1v) is 8.35. The van der Waals surface area contributed by atoms with Gasteiger partial charge in [-0.05, 0) is 37.3 Å². The van der Waals surface area contributed by atoms with Crippen molar-refractivity contribution in [1.82, 2.24) is 9.78 Å². The predicted octanol–water partition coefficient (Wildman–Crippen LogP) is 3.07. The van der Waals surface area contributed by atoms with Crippen LogP contribution in [0.25, 0.3) is 0 Å². The third kappa shape index (κ3) is 2.75. The molecule has 0 N–H and O–H groups in total. The SMILES string of the molecule is Cc1ccn(CCOc2ccccc2N2C(=O)c3ccccc3C2=O)n1. The number of amides is 2. The van der Waals surface area contributed by atoms with Gasteiger partial charge < -0.3 is 4.74 Å². The summed E-state index contributed by atoms with van der Waals surface area (Å²) in [4.78, 5) is 26.6. The maximum absolute atomic E-state index is 12.7. The molecular weight excluding hydrogens is 330 g/mol. The van der Waals surface area contributed by atoms with Gasteiger partial charge in [-0.1, -0.05) is 24.3 Å². The van der Waals surface area contributed by atoms with Crippen molar-refractivity contribution in [1.29, 1.82) is 0 Å². The molecule has 2 heterocycles. The number of aryl methyl sites for hydroxylation is 1. The topological polar surface area (TPSA) is 64.4 Å². The van der Waals surface area contributed by atoms with E-state index >= 15 is 0 Å². The summed E-state index contributed by atoms with van der Waals surface area (Å²) in [6.45, 7) is 2.88. The number of carbonyl (C=O) groups is 2. The second kappa shape index (κ2) is 6.48. The number of fused-ring (bicyclic) bond motifs is 1. The van der Waals surface area contributed by atoms with Crippen LogP contribution in [0.3, 0.4) is 0 Å². The molecule has 0 bridgehead atoms. The number of carbonyl (C=O) groups excluding carboxylic acids is 2. The van der Waals surface area contributed by atoms with Crippen LogP contribution in [0.2, 0.25) is 0 Å². The fourth-order valence-corrected chi connectivity index (χ4v) is 3.01. The van der Waals surface area contributed by atoms with Crippen LogP contribution in [0.1, 0.15) is 26.4 Å². The molecule has 6 heteroatoms. The average molecular weight is 347 g/mol. The Labute approximate surface area is 150 Å². The number of ether oxygens (including phenoxy) is 1. The second-order valence-corrected chi connectivity index (χ2v) is 6.03. The molecule has 26 heavy (non-hydrogen) atoms. The van der Waals surface area contributed by atoms with Gasteiger partial charge in [0.25, 0.3) is 11.8 Å². The summed E-state index contributed by atoms with van der Waals surface area (Å²) in [5.41, 5.74) is 2.23. The molecule has 0 fully saturated rings. The summed E-state index contributed by atoms with van der Waals surface area (Å²) in [5, 5.41) is 4.31. The van der Waals surface area contributed by atoms with E-state index in [1.807, 2.05) is 25.3 Å². The summed E-state index contributed by atoms with van der Waals surface area (Å²) in [5.74, 6) is -0.167. The summed E-state index contributed by atoms with van der Waals surface area (Å²) in [6, 6.07) is 15.8. The number of nitrogens with zero attached hydrogens (tertiary/aromatic N) is 3. The number of para-hydroxylation sites is 2. The molecule has 3 aromatic rings. The minimum atomic E-state index is -0.329. The normalized spacial score (nSPS) is 13.2. The van der Waals surface area contributed by atoms with Crippen molar-refractivity contribution in [3.63, 3.8) is 0 Å². The molecule has 0 radical (unpaired) electrons. The van der Waals surface area contributed by atoms with Gasteiger partial charge in [0.1, 0.15) is 12.4 Å². The number of aromatic nitrogens is 2. The van der Waals surface area contributed by atoms with Crippen molar-refractivity contribution in [3.05, 3.63) is 77.6 Å². The molecule has 130 valence electrons. The van der Waals surface area contributed by atoms with Gasteiger partial charge in [0.15, 0.2) is 0 Å². The van der Waals surface area contributed by atoms with Crippen LogP contribution in [0.4, 0.5) is 5.69 Å². The van der Waals surface area contributed by atoms with Gasteiger partial charge in [-0.25, -0.2) is 4.90 Å². The number of rotatable bonds is 5. The summed E-state index contributed by atoms with van der Waals surface area (Å²) in [6.07, 6.45) is 1.88. The standard InChI is InChI=1S/C20H17N3O3/c1-14-10-11-22(21-14)12-13-26-18-9-5-4-8-17(18)23-19(24)15-6-2-3-7-16(15)20(23)25/h2-11H,12-13H2,1H3. The monoisotopic (exact) mass is 347 g/mol. The van der Waals surface area contributed by atoms with Crippen LogP contribution in [-0.2, 0) is 6.54 Å². The molecule has 4 rings (SSSR count). The number of hydrogen-bond acceptors (Lipinski definition) is 4. The van der Waals surface area contributed by atoms with E-state index < -0.39 is 0 Å². The molecule has 2 amide bonds. The molecule has 6 nitrogen and oxygen atoms in total. The first-order chi connectivity index (χ1) is 12.6. The Morgan fingerprint density at radius 2 is 1.58 bits per heavy atom. The lowest BCUT2D eigenvalue weighted by Gasteiger charge is -2.18. The Bertz CT molecular complexity index is 958. The zero-order valence-electron chi connectivity index (χ0n) is 14.3. The van der Waals surface area contributed by atoms with E-state index in [4.69, 9.17) is 4.74 Å². The Hall–Kier alpha value is -3.41. The van der Waals surface area contributed by atoms with Gasteiger partial charge in [-0.15, -0.1) is 0 Å². The zero-order chi connectivity index (χ0) is 18.1. The number of hydrogen-bond donors (Lipinski definition) is 0. The molecule has 0 saturated carbocycles. The van der Waals surface area contributed by atoms with Crippen LogP contribution in [-0.4, -0.2) is 28.2 Å². The lowest BCUT2D eigenvalue weighted by Crippen LogP contribution is -2.30. The van der Waals surface area contributed by atoms with Crippen LogP contribution in [0.5, 0.6) is 5.75 Å². The first-order valence-electron chi connectivity index (χ1n) is 8.35. The van der Waals surface area contributed by atoms with Crippen molar-refractivity contribution in [2.45, 2.75) is 13.5 Å². The molecule has 0 spiro atoms. The minimum Gasteiger partial charge on any atom is -0.489 e. The average Bonchev–Trinajstić information content (AvgIpc) is 3.18. The molecular formula is C20H17N3O3. The van der Waals surface area contributed by atoms with Gasteiger partial charge in [0.05, 0.1) is 29.1 Å². The van der Waals surface area contributed by atoms with Crippen molar-refractivity contribution in [3.8, 4) is 5.75 Å². The summed E-state index contributed by atoms with van der Waals surface area (Å²) in [7, 11) is 0. The molecule has 0 aliphatic carbocycles. The van der Waals surface area contributed by atoms with Crippen molar-refractivity contribution >= 4 is 17.5 Å². The molecule has 0 unspecified atom stereocenters. The molecule has 2 aromatic carbocycles. The Kier molecular flexibility index (Phi) is 4.01. The molecule has 1 aliphatic rings. The fourth-order valence-electron chi connectivity index (χ4n) is 3.01. The second-order valence-electron chi connectivity index (χ2n) is 6.03. The molecule has 1 aromatic heterocycles. The fraction of sp³-hybridized carbons (Fsp3) is 0.150. The van der Waals surface area contributed by atoms with E-state index in [2.05, 4.69) is 5.10 Å². The van der Waals surface area contributed by atoms with E-state index in [1.165, 1.54) is 4.90 Å². The van der Waals surface area contributed by atoms with E-state index in [-0.39, 0.29) is 11.8 Å². The quantitative estimate of drug-likeness (QED) is 0.666. The van der Waals surface area contributed by atoms with Gasteiger partial charge in [0, 0.05) is 6.20 Å². The van der Waals surface area contributed by atoms with E-state index in [0.29, 0.717) is 35.7 Å². The molecule has 0 saturated heterocycles. The first kappa shape index (κ1) is 16.1. The number of anilines is 1. The van der Waals surface area contributed by atoms with Gasteiger partial charge in [0.2, 0.25) is 0 Å². The minimum absolute atomic E-state index is 0.329. The van der Waals surface area contributed by atoms with Crippen LogP contribution >= 0.6 is 0 Å². The Morgan fingerprint density at radius 3 is 2.23 bits per heavy atom. The van der Waals surface area contributed by atoms with Crippen molar-refractivity contribution in [2.24, 2.45) is 0 Å². The maximum atomic E-state index is 12.7. The van der Waals surface area contributed by atoms with E-state index in [9.17, 15) is 9.59 Å². The van der Waals surface area contributed by atoms with Crippen LogP contribution < -0.4 is 9.64 Å². The predicted molar refractivity (Wildman–Crippen MR) is 96.5 cm³/mol. The van der Waals surface area contributed by atoms with Crippen LogP contribution in [0.15, 0.2) is 60.8 Å². The highest BCUT2D eigenvalue weighted by Gasteiger charge is 2.37. The highest BCUT2D eigenvalue weighted by molar-refractivity contribution is 6.34. The van der Waals surface area contributed by atoms with E-state index in [1.54, 1.807) is 47.1 Å². The van der Waals surface area contributed by atoms with Gasteiger partial charge in [-0.3, -0.25) is 14.3 Å². The Balaban J connectivity index is 1.56. The Morgan fingerprint density at radius 1 is 0.923 bits per heavy atom. The van der Waals surface area contributed by atoms with Crippen molar-refractivity contribution in [2.75, 3.05) is 11.5 Å². The lowest BCUT2D eigenvalue weighted by molar-refractivity contribution is 0.0924. The molecule has 0 atom stereocenters. The van der Waals surface area contributed by atoms with Gasteiger partial charge in [-0.2, -0.15) is 5.10 Å². The third-order valence-corrected chi connectivity index (χ3v) is 4.25. The summed E-state index contributed by atoms with van der Waals surface area (Å²) < 4.78 is 7.64. The van der Waals surface area contributed by atoms with Gasteiger partial charge >= 0.3 is 0 Å². The van der Waals surface area contributed by atoms with Crippen LogP contribution in [0, 0.1) is 6.92 Å². The van der Waals surface area contributed by atoms with E-state index in [0.717, 1.165) is 5.69 Å². The maximum Gasteiger partial charge on any atom is 0.266 e. The highest BCUT2D eigenvalue weighted by atomic mass is 16.5. The molecule has 1 aliphatic heterocycles. The highest BCUT2D eigenvalue weighted by Crippen LogP contribution is 2.34. The summed E-state index contributed by atoms with van der Waals surface area (Å²) >= 11 is 0. The number of benzene rings is 2. The van der Waals surface area contributed by atoms with Crippen molar-refractivity contribution < 1.29 is 14.3 Å². The lowest BCUT2D eigenvalue weighted by atomic mass is 10.1. The largest absolute Gasteiger partial charge is 0.489 e. The third-order valence-electron chi connectivity index (χ3n) is 4.25.